The Balaban J connectivity index is 1.89. The molecule has 0 saturated carbocycles. The summed E-state index contributed by atoms with van der Waals surface area (Å²) < 4.78 is 38.9. The van der Waals surface area contributed by atoms with Crippen LogP contribution in [0.2, 0.25) is 0 Å². The first-order valence-corrected chi connectivity index (χ1v) is 12.0. The molecular weight excluding hydrogens is 430 g/mol. The molecule has 0 saturated heterocycles. The van der Waals surface area contributed by atoms with Crippen molar-refractivity contribution in [1.82, 2.24) is 4.72 Å². The zero-order valence-corrected chi connectivity index (χ0v) is 19.4. The average Bonchev–Trinajstić information content (AvgIpc) is 2.75. The normalized spacial score (nSPS) is 12.6. The van der Waals surface area contributed by atoms with Gasteiger partial charge in [0, 0.05) is 17.0 Å². The summed E-state index contributed by atoms with van der Waals surface area (Å²) in [6.07, 6.45) is 1.49. The highest BCUT2D eigenvalue weighted by molar-refractivity contribution is 7.89. The lowest BCUT2D eigenvalue weighted by molar-refractivity contribution is -0.136. The second kappa shape index (κ2) is 9.67. The summed E-state index contributed by atoms with van der Waals surface area (Å²) in [5.41, 5.74) is 2.15. The van der Waals surface area contributed by atoms with E-state index >= 15 is 0 Å². The van der Waals surface area contributed by atoms with Gasteiger partial charge in [0.2, 0.25) is 10.0 Å². The predicted octanol–water partition coefficient (Wildman–Crippen LogP) is 4.02. The topological polar surface area (TPSA) is 103 Å². The highest BCUT2D eigenvalue weighted by Gasteiger charge is 2.27. The smallest absolute Gasteiger partial charge is 0.336 e. The molecule has 0 fully saturated rings. The van der Waals surface area contributed by atoms with Crippen LogP contribution in [0.25, 0.3) is 11.0 Å². The van der Waals surface area contributed by atoms with Crippen LogP contribution in [-0.2, 0) is 21.2 Å². The van der Waals surface area contributed by atoms with Crippen LogP contribution < -0.4 is 15.1 Å². The van der Waals surface area contributed by atoms with E-state index in [2.05, 4.69) is 4.72 Å². The van der Waals surface area contributed by atoms with Gasteiger partial charge in [-0.05, 0) is 56.5 Å². The van der Waals surface area contributed by atoms with Crippen molar-refractivity contribution in [2.45, 2.75) is 57.9 Å². The first-order chi connectivity index (χ1) is 15.2. The van der Waals surface area contributed by atoms with Crippen molar-refractivity contribution >= 4 is 27.0 Å². The van der Waals surface area contributed by atoms with Crippen molar-refractivity contribution < 1.29 is 22.4 Å². The lowest BCUT2D eigenvalue weighted by Crippen LogP contribution is -2.42. The number of fused-ring (bicyclic) bond motifs is 1. The number of carbonyl (C=O) groups excluding carboxylic acids is 1. The maximum absolute atomic E-state index is 12.9. The number of carbonyl (C=O) groups is 1. The standard InChI is InChI=1S/C24H27NO6S/c1-5-7-20(25-32(28,29)18-10-8-15(3)9-11-18)24(27)30-21-13-12-19-17(6-2)14-22(26)31-23(19)16(21)4/h8-14,20,25H,5-7H2,1-4H3/t20-/m1/s1. The molecular formula is C24H27NO6S. The van der Waals surface area contributed by atoms with Gasteiger partial charge in [-0.25, -0.2) is 18.0 Å². The van der Waals surface area contributed by atoms with Crippen LogP contribution in [0.1, 0.15) is 43.4 Å². The molecule has 0 aliphatic carbocycles. The van der Waals surface area contributed by atoms with Crippen molar-refractivity contribution in [2.24, 2.45) is 0 Å². The van der Waals surface area contributed by atoms with Gasteiger partial charge in [0.25, 0.3) is 0 Å². The molecule has 0 aliphatic rings. The molecule has 1 N–H and O–H groups in total. The first kappa shape index (κ1) is 23.7. The fourth-order valence-corrected chi connectivity index (χ4v) is 4.70. The Morgan fingerprint density at radius 1 is 1.09 bits per heavy atom. The van der Waals surface area contributed by atoms with Crippen molar-refractivity contribution in [3.63, 3.8) is 0 Å². The van der Waals surface area contributed by atoms with Crippen molar-refractivity contribution in [3.05, 3.63) is 69.6 Å². The molecule has 0 amide bonds. The minimum absolute atomic E-state index is 0.0766. The highest BCUT2D eigenvalue weighted by Crippen LogP contribution is 2.29. The zero-order valence-electron chi connectivity index (χ0n) is 18.6. The molecule has 170 valence electrons. The summed E-state index contributed by atoms with van der Waals surface area (Å²) in [4.78, 5) is 24.9. The van der Waals surface area contributed by atoms with E-state index in [0.717, 1.165) is 16.5 Å². The van der Waals surface area contributed by atoms with Gasteiger partial charge in [0.1, 0.15) is 17.4 Å². The molecule has 3 aromatic rings. The van der Waals surface area contributed by atoms with Crippen LogP contribution >= 0.6 is 0 Å². The van der Waals surface area contributed by atoms with Gasteiger partial charge in [-0.3, -0.25) is 0 Å². The summed E-state index contributed by atoms with van der Waals surface area (Å²) in [6, 6.07) is 10.1. The van der Waals surface area contributed by atoms with Gasteiger partial charge in [-0.15, -0.1) is 0 Å². The van der Waals surface area contributed by atoms with E-state index in [9.17, 15) is 18.0 Å². The minimum atomic E-state index is -3.91. The Morgan fingerprint density at radius 3 is 2.41 bits per heavy atom. The molecule has 0 bridgehead atoms. The van der Waals surface area contributed by atoms with Gasteiger partial charge in [-0.1, -0.05) is 38.0 Å². The van der Waals surface area contributed by atoms with Crippen LogP contribution in [0.3, 0.4) is 0 Å². The summed E-state index contributed by atoms with van der Waals surface area (Å²) in [5.74, 6) is -0.506. The van der Waals surface area contributed by atoms with Crippen molar-refractivity contribution in [1.29, 1.82) is 0 Å². The molecule has 32 heavy (non-hydrogen) atoms. The monoisotopic (exact) mass is 457 g/mol. The highest BCUT2D eigenvalue weighted by atomic mass is 32.2. The number of ether oxygens (including phenoxy) is 1. The number of benzene rings is 2. The molecule has 3 rings (SSSR count). The van der Waals surface area contributed by atoms with E-state index in [0.29, 0.717) is 24.0 Å². The van der Waals surface area contributed by atoms with Crippen LogP contribution in [0, 0.1) is 13.8 Å². The fourth-order valence-electron chi connectivity index (χ4n) is 3.48. The van der Waals surface area contributed by atoms with Crippen molar-refractivity contribution in [3.8, 4) is 5.75 Å². The van der Waals surface area contributed by atoms with Gasteiger partial charge < -0.3 is 9.15 Å². The SMILES string of the molecule is CCC[C@@H](NS(=O)(=O)c1ccc(C)cc1)C(=O)Oc1ccc2c(CC)cc(=O)oc2c1C. The van der Waals surface area contributed by atoms with Crippen LogP contribution in [0.5, 0.6) is 5.75 Å². The van der Waals surface area contributed by atoms with E-state index in [1.54, 1.807) is 31.2 Å². The van der Waals surface area contributed by atoms with Gasteiger partial charge in [0.15, 0.2) is 0 Å². The summed E-state index contributed by atoms with van der Waals surface area (Å²) in [5, 5.41) is 0.773. The molecule has 0 radical (unpaired) electrons. The average molecular weight is 458 g/mol. The third-order valence-corrected chi connectivity index (χ3v) is 6.77. The fraction of sp³-hybridized carbons (Fsp3) is 0.333. The number of aryl methyl sites for hydroxylation is 3. The van der Waals surface area contributed by atoms with Crippen LogP contribution in [0.15, 0.2) is 56.6 Å². The Kier molecular flexibility index (Phi) is 7.16. The number of nitrogens with one attached hydrogen (secondary N) is 1. The molecule has 7 nitrogen and oxygen atoms in total. The Morgan fingerprint density at radius 2 is 1.78 bits per heavy atom. The Hall–Kier alpha value is -2.97. The second-order valence-electron chi connectivity index (χ2n) is 7.71. The molecule has 2 aromatic carbocycles. The number of hydrogen-bond acceptors (Lipinski definition) is 6. The minimum Gasteiger partial charge on any atom is -0.425 e. The van der Waals surface area contributed by atoms with Gasteiger partial charge in [-0.2, -0.15) is 4.72 Å². The van der Waals surface area contributed by atoms with Crippen LogP contribution in [-0.4, -0.2) is 20.4 Å². The number of rotatable bonds is 8. The second-order valence-corrected chi connectivity index (χ2v) is 9.42. The van der Waals surface area contributed by atoms with E-state index in [1.807, 2.05) is 20.8 Å². The first-order valence-electron chi connectivity index (χ1n) is 10.5. The molecule has 1 aromatic heterocycles. The summed E-state index contributed by atoms with van der Waals surface area (Å²) >= 11 is 0. The van der Waals surface area contributed by atoms with Crippen LogP contribution in [0.4, 0.5) is 0 Å². The number of hydrogen-bond donors (Lipinski definition) is 1. The largest absolute Gasteiger partial charge is 0.425 e. The third kappa shape index (κ3) is 5.08. The summed E-state index contributed by atoms with van der Waals surface area (Å²) in [7, 11) is -3.91. The Bertz CT molecular complexity index is 1290. The van der Waals surface area contributed by atoms with E-state index in [4.69, 9.17) is 9.15 Å². The van der Waals surface area contributed by atoms with E-state index in [1.165, 1.54) is 18.2 Å². The Labute approximate surface area is 187 Å². The quantitative estimate of drug-likeness (QED) is 0.311. The molecule has 1 atom stereocenters. The molecule has 8 heteroatoms. The van der Waals surface area contributed by atoms with Crippen molar-refractivity contribution in [2.75, 3.05) is 0 Å². The molecule has 0 spiro atoms. The van der Waals surface area contributed by atoms with Gasteiger partial charge in [0.05, 0.1) is 4.90 Å². The maximum atomic E-state index is 12.9. The maximum Gasteiger partial charge on any atom is 0.336 e. The molecule has 1 heterocycles. The lowest BCUT2D eigenvalue weighted by atomic mass is 10.0. The third-order valence-electron chi connectivity index (χ3n) is 5.28. The lowest BCUT2D eigenvalue weighted by Gasteiger charge is -2.18. The number of esters is 1. The summed E-state index contributed by atoms with van der Waals surface area (Å²) in [6.45, 7) is 7.34. The predicted molar refractivity (Wildman–Crippen MR) is 122 cm³/mol. The van der Waals surface area contributed by atoms with E-state index < -0.39 is 27.7 Å². The van der Waals surface area contributed by atoms with E-state index in [-0.39, 0.29) is 17.1 Å². The zero-order chi connectivity index (χ0) is 23.5. The molecule has 0 unspecified atom stereocenters. The van der Waals surface area contributed by atoms with Gasteiger partial charge >= 0.3 is 11.6 Å². The number of sulfonamides is 1. The molecule has 0 aliphatic heterocycles.